The molecule has 2 aromatic rings. The summed E-state index contributed by atoms with van der Waals surface area (Å²) in [6.07, 6.45) is 0. The van der Waals surface area contributed by atoms with Crippen LogP contribution in [-0.4, -0.2) is 26.2 Å². The maximum absolute atomic E-state index is 12.6. The van der Waals surface area contributed by atoms with E-state index in [1.807, 2.05) is 44.2 Å². The number of alkyl halides is 2. The van der Waals surface area contributed by atoms with Gasteiger partial charge in [0.15, 0.2) is 5.96 Å². The molecule has 2 rings (SSSR count). The highest BCUT2D eigenvalue weighted by molar-refractivity contribution is 14.0. The fourth-order valence-corrected chi connectivity index (χ4v) is 2.66. The molecule has 0 aliphatic carbocycles. The Kier molecular flexibility index (Phi) is 11.5. The minimum atomic E-state index is -2.86. The molecule has 5 nitrogen and oxygen atoms in total. The van der Waals surface area contributed by atoms with Crippen LogP contribution in [0.25, 0.3) is 0 Å². The first-order valence-corrected chi connectivity index (χ1v) is 9.15. The van der Waals surface area contributed by atoms with Crippen molar-refractivity contribution >= 4 is 29.9 Å². The predicted octanol–water partition coefficient (Wildman–Crippen LogP) is 4.62. The van der Waals surface area contributed by atoms with Crippen molar-refractivity contribution in [3.8, 4) is 5.75 Å². The molecule has 0 aliphatic heterocycles. The number of aryl methyl sites for hydroxylation is 1. The average molecular weight is 519 g/mol. The lowest BCUT2D eigenvalue weighted by Gasteiger charge is -2.15. The Morgan fingerprint density at radius 2 is 1.76 bits per heavy atom. The van der Waals surface area contributed by atoms with Crippen LogP contribution in [0.2, 0.25) is 0 Å². The van der Waals surface area contributed by atoms with Gasteiger partial charge in [-0.05, 0) is 31.0 Å². The molecule has 0 unspecified atom stereocenters. The molecular formula is C21H28F2IN3O2. The van der Waals surface area contributed by atoms with Crippen LogP contribution in [0.4, 0.5) is 8.78 Å². The maximum Gasteiger partial charge on any atom is 0.387 e. The molecule has 0 saturated heterocycles. The van der Waals surface area contributed by atoms with Crippen LogP contribution in [0, 0.1) is 6.92 Å². The van der Waals surface area contributed by atoms with Crippen molar-refractivity contribution < 1.29 is 18.3 Å². The van der Waals surface area contributed by atoms with Crippen LogP contribution in [0.3, 0.4) is 0 Å². The van der Waals surface area contributed by atoms with E-state index in [0.717, 1.165) is 16.7 Å². The molecule has 8 heteroatoms. The van der Waals surface area contributed by atoms with E-state index in [2.05, 4.69) is 20.4 Å². The highest BCUT2D eigenvalue weighted by Gasteiger charge is 2.10. The summed E-state index contributed by atoms with van der Waals surface area (Å²) in [5, 5.41) is 6.33. The summed E-state index contributed by atoms with van der Waals surface area (Å²) in [7, 11) is 1.67. The van der Waals surface area contributed by atoms with Crippen LogP contribution in [-0.2, 0) is 24.4 Å². The van der Waals surface area contributed by atoms with Gasteiger partial charge in [0, 0.05) is 25.8 Å². The zero-order valence-electron chi connectivity index (χ0n) is 16.9. The lowest BCUT2D eigenvalue weighted by atomic mass is 10.1. The molecule has 0 amide bonds. The van der Waals surface area contributed by atoms with Crippen molar-refractivity contribution in [1.29, 1.82) is 0 Å². The Morgan fingerprint density at radius 1 is 1.07 bits per heavy atom. The normalized spacial score (nSPS) is 11.2. The van der Waals surface area contributed by atoms with Gasteiger partial charge in [-0.2, -0.15) is 8.78 Å². The molecule has 2 N–H and O–H groups in total. The molecule has 0 atom stereocenters. The largest absolute Gasteiger partial charge is 0.434 e. The van der Waals surface area contributed by atoms with Crippen molar-refractivity contribution in [1.82, 2.24) is 10.6 Å². The van der Waals surface area contributed by atoms with Gasteiger partial charge >= 0.3 is 6.61 Å². The van der Waals surface area contributed by atoms with E-state index in [4.69, 9.17) is 4.74 Å². The van der Waals surface area contributed by atoms with E-state index in [0.29, 0.717) is 37.8 Å². The van der Waals surface area contributed by atoms with Gasteiger partial charge in [-0.3, -0.25) is 0 Å². The molecule has 0 saturated carbocycles. The van der Waals surface area contributed by atoms with Gasteiger partial charge in [-0.1, -0.05) is 42.0 Å². The van der Waals surface area contributed by atoms with E-state index in [1.54, 1.807) is 19.2 Å². The molecule has 0 heterocycles. The minimum Gasteiger partial charge on any atom is -0.434 e. The number of hydrogen-bond acceptors (Lipinski definition) is 3. The molecule has 160 valence electrons. The number of methoxy groups -OCH3 is 1. The van der Waals surface area contributed by atoms with Crippen LogP contribution in [0.1, 0.15) is 29.2 Å². The zero-order valence-corrected chi connectivity index (χ0v) is 19.2. The van der Waals surface area contributed by atoms with Gasteiger partial charge in [0.2, 0.25) is 0 Å². The van der Waals surface area contributed by atoms with Gasteiger partial charge in [0.25, 0.3) is 0 Å². The third-order valence-electron chi connectivity index (χ3n) is 3.98. The van der Waals surface area contributed by atoms with Crippen LogP contribution >= 0.6 is 24.0 Å². The number of nitrogens with one attached hydrogen (secondary N) is 2. The molecule has 0 aromatic heterocycles. The second-order valence-electron chi connectivity index (χ2n) is 6.29. The first kappa shape index (κ1) is 25.1. The monoisotopic (exact) mass is 519 g/mol. The van der Waals surface area contributed by atoms with Gasteiger partial charge in [0.05, 0.1) is 13.2 Å². The Hall–Kier alpha value is -1.94. The highest BCUT2D eigenvalue weighted by Crippen LogP contribution is 2.22. The van der Waals surface area contributed by atoms with Crippen molar-refractivity contribution in [3.63, 3.8) is 0 Å². The van der Waals surface area contributed by atoms with E-state index in [-0.39, 0.29) is 29.7 Å². The number of ether oxygens (including phenoxy) is 2. The third kappa shape index (κ3) is 8.95. The third-order valence-corrected chi connectivity index (χ3v) is 3.98. The molecule has 29 heavy (non-hydrogen) atoms. The second-order valence-corrected chi connectivity index (χ2v) is 6.29. The summed E-state index contributed by atoms with van der Waals surface area (Å²) in [5.74, 6) is 0.769. The van der Waals surface area contributed by atoms with E-state index in [9.17, 15) is 8.78 Å². The Morgan fingerprint density at radius 3 is 2.38 bits per heavy atom. The topological polar surface area (TPSA) is 54.9 Å². The standard InChI is InChI=1S/C21H27F2N3O2.HI/c1-4-24-21(25-12-16-6-8-17(9-7-16)14-27-3)26-13-18-11-15(2)5-10-19(18)28-20(22)23;/h5-11,20H,4,12-14H2,1-3H3,(H2,24,25,26);1H. The van der Waals surface area contributed by atoms with Crippen LogP contribution < -0.4 is 15.4 Å². The van der Waals surface area contributed by atoms with Gasteiger partial charge < -0.3 is 20.1 Å². The zero-order chi connectivity index (χ0) is 20.4. The number of guanidine groups is 1. The van der Waals surface area contributed by atoms with E-state index >= 15 is 0 Å². The predicted molar refractivity (Wildman–Crippen MR) is 122 cm³/mol. The molecule has 0 bridgehead atoms. The number of benzene rings is 2. The number of nitrogens with zero attached hydrogens (tertiary/aromatic N) is 1. The smallest absolute Gasteiger partial charge is 0.387 e. The molecule has 2 aromatic carbocycles. The second kappa shape index (κ2) is 13.3. The summed E-state index contributed by atoms with van der Waals surface area (Å²) in [6.45, 7) is 3.10. The van der Waals surface area contributed by atoms with Crippen LogP contribution in [0.5, 0.6) is 5.75 Å². The maximum atomic E-state index is 12.6. The molecule has 0 spiro atoms. The first-order chi connectivity index (χ1) is 13.5. The summed E-state index contributed by atoms with van der Waals surface area (Å²) in [6, 6.07) is 13.2. The summed E-state index contributed by atoms with van der Waals surface area (Å²) < 4.78 is 35.0. The van der Waals surface area contributed by atoms with E-state index < -0.39 is 6.61 Å². The summed E-state index contributed by atoms with van der Waals surface area (Å²) >= 11 is 0. The van der Waals surface area contributed by atoms with E-state index in [1.165, 1.54) is 0 Å². The fraction of sp³-hybridized carbons (Fsp3) is 0.381. The quantitative estimate of drug-likeness (QED) is 0.289. The fourth-order valence-electron chi connectivity index (χ4n) is 2.66. The van der Waals surface area contributed by atoms with Gasteiger partial charge in [0.1, 0.15) is 5.75 Å². The van der Waals surface area contributed by atoms with Crippen molar-refractivity contribution in [2.24, 2.45) is 4.99 Å². The Balaban J connectivity index is 0.00000420. The number of aliphatic imine (C=N–C) groups is 1. The lowest BCUT2D eigenvalue weighted by Crippen LogP contribution is -2.36. The average Bonchev–Trinajstić information content (AvgIpc) is 2.67. The van der Waals surface area contributed by atoms with Gasteiger partial charge in [-0.15, -0.1) is 24.0 Å². The number of hydrogen-bond donors (Lipinski definition) is 2. The minimum absolute atomic E-state index is 0. The van der Waals surface area contributed by atoms with Crippen molar-refractivity contribution in [3.05, 3.63) is 64.7 Å². The Bertz CT molecular complexity index is 771. The first-order valence-electron chi connectivity index (χ1n) is 9.15. The number of halogens is 3. The molecular weight excluding hydrogens is 491 g/mol. The van der Waals surface area contributed by atoms with Crippen molar-refractivity contribution in [2.45, 2.75) is 40.2 Å². The Labute approximate surface area is 187 Å². The molecule has 0 aliphatic rings. The number of rotatable bonds is 9. The summed E-state index contributed by atoms with van der Waals surface area (Å²) in [5.41, 5.74) is 3.78. The lowest BCUT2D eigenvalue weighted by molar-refractivity contribution is -0.0504. The molecule has 0 radical (unpaired) electrons. The SMILES string of the molecule is CCNC(=NCc1ccc(COC)cc1)NCc1cc(C)ccc1OC(F)F.I. The van der Waals surface area contributed by atoms with Gasteiger partial charge in [-0.25, -0.2) is 4.99 Å². The van der Waals surface area contributed by atoms with Crippen molar-refractivity contribution in [2.75, 3.05) is 13.7 Å². The molecule has 0 fully saturated rings. The summed E-state index contributed by atoms with van der Waals surface area (Å²) in [4.78, 5) is 4.56. The van der Waals surface area contributed by atoms with Crippen LogP contribution in [0.15, 0.2) is 47.5 Å². The highest BCUT2D eigenvalue weighted by atomic mass is 127.